The summed E-state index contributed by atoms with van der Waals surface area (Å²) in [7, 11) is 0. The first-order chi connectivity index (χ1) is 8.38. The van der Waals surface area contributed by atoms with Crippen LogP contribution in [0.2, 0.25) is 0 Å². The van der Waals surface area contributed by atoms with Gasteiger partial charge in [-0.2, -0.15) is 5.26 Å². The van der Waals surface area contributed by atoms with E-state index in [1.54, 1.807) is 12.1 Å². The van der Waals surface area contributed by atoms with Gasteiger partial charge in [0.2, 0.25) is 5.88 Å². The van der Waals surface area contributed by atoms with Crippen LogP contribution in [0.1, 0.15) is 31.2 Å². The van der Waals surface area contributed by atoms with Crippen LogP contribution >= 0.6 is 0 Å². The number of nitrogens with zero attached hydrogens (tertiary/aromatic N) is 2. The number of piperidine rings is 1. The van der Waals surface area contributed by atoms with E-state index in [1.807, 2.05) is 6.07 Å². The van der Waals surface area contributed by atoms with Crippen LogP contribution in [0.4, 0.5) is 0 Å². The summed E-state index contributed by atoms with van der Waals surface area (Å²) in [5.41, 5.74) is 0.561. The minimum Gasteiger partial charge on any atom is -0.478 e. The first kappa shape index (κ1) is 11.9. The largest absolute Gasteiger partial charge is 0.478 e. The third-order valence-electron chi connectivity index (χ3n) is 2.99. The first-order valence-corrected chi connectivity index (χ1v) is 6.11. The van der Waals surface area contributed by atoms with E-state index in [0.717, 1.165) is 13.0 Å². The average Bonchev–Trinajstić information content (AvgIpc) is 2.41. The van der Waals surface area contributed by atoms with Crippen molar-refractivity contribution in [2.45, 2.75) is 31.7 Å². The third kappa shape index (κ3) is 3.72. The van der Waals surface area contributed by atoms with E-state index >= 15 is 0 Å². The molecule has 0 aliphatic carbocycles. The van der Waals surface area contributed by atoms with E-state index in [0.29, 0.717) is 24.1 Å². The van der Waals surface area contributed by atoms with Gasteiger partial charge in [0.1, 0.15) is 6.07 Å². The van der Waals surface area contributed by atoms with Crippen molar-refractivity contribution in [3.05, 3.63) is 23.9 Å². The summed E-state index contributed by atoms with van der Waals surface area (Å²) in [5, 5.41) is 12.1. The van der Waals surface area contributed by atoms with Gasteiger partial charge in [0, 0.05) is 18.3 Å². The Labute approximate surface area is 102 Å². The van der Waals surface area contributed by atoms with Gasteiger partial charge in [-0.3, -0.25) is 0 Å². The second kappa shape index (κ2) is 6.21. The van der Waals surface area contributed by atoms with Gasteiger partial charge in [-0.1, -0.05) is 6.42 Å². The van der Waals surface area contributed by atoms with Crippen LogP contribution < -0.4 is 10.1 Å². The Morgan fingerprint density at radius 2 is 2.41 bits per heavy atom. The molecule has 1 aromatic heterocycles. The summed E-state index contributed by atoms with van der Waals surface area (Å²) >= 11 is 0. The van der Waals surface area contributed by atoms with Gasteiger partial charge in [-0.25, -0.2) is 4.98 Å². The standard InChI is InChI=1S/C13H17N3O/c14-9-11-4-5-13(16-10-11)17-8-6-12-3-1-2-7-15-12/h4-5,10,12,15H,1-3,6-8H2. The molecule has 1 aliphatic heterocycles. The Hall–Kier alpha value is -1.60. The molecule has 1 aromatic rings. The van der Waals surface area contributed by atoms with Gasteiger partial charge in [0.25, 0.3) is 0 Å². The van der Waals surface area contributed by atoms with Gasteiger partial charge in [0.05, 0.1) is 12.2 Å². The summed E-state index contributed by atoms with van der Waals surface area (Å²) < 4.78 is 5.55. The summed E-state index contributed by atoms with van der Waals surface area (Å²) in [6.07, 6.45) is 6.39. The van der Waals surface area contributed by atoms with Crippen LogP contribution in [0.15, 0.2) is 18.3 Å². The summed E-state index contributed by atoms with van der Waals surface area (Å²) in [5.74, 6) is 0.597. The monoisotopic (exact) mass is 231 g/mol. The van der Waals surface area contributed by atoms with E-state index in [2.05, 4.69) is 10.3 Å². The van der Waals surface area contributed by atoms with Gasteiger partial charge in [0.15, 0.2) is 0 Å². The molecule has 0 spiro atoms. The fraction of sp³-hybridized carbons (Fsp3) is 0.538. The van der Waals surface area contributed by atoms with E-state index in [9.17, 15) is 0 Å². The van der Waals surface area contributed by atoms with E-state index < -0.39 is 0 Å². The fourth-order valence-corrected chi connectivity index (χ4v) is 2.01. The number of rotatable bonds is 4. The van der Waals surface area contributed by atoms with Crippen molar-refractivity contribution in [1.82, 2.24) is 10.3 Å². The van der Waals surface area contributed by atoms with Crippen molar-refractivity contribution in [3.63, 3.8) is 0 Å². The van der Waals surface area contributed by atoms with Gasteiger partial charge in [-0.05, 0) is 31.9 Å². The molecule has 1 fully saturated rings. The number of hydrogen-bond donors (Lipinski definition) is 1. The second-order valence-corrected chi connectivity index (χ2v) is 4.28. The van der Waals surface area contributed by atoms with Crippen LogP contribution in [0.3, 0.4) is 0 Å². The highest BCUT2D eigenvalue weighted by Crippen LogP contribution is 2.11. The molecule has 1 saturated heterocycles. The maximum atomic E-state index is 8.64. The first-order valence-electron chi connectivity index (χ1n) is 6.11. The quantitative estimate of drug-likeness (QED) is 0.859. The van der Waals surface area contributed by atoms with Crippen LogP contribution in [-0.4, -0.2) is 24.2 Å². The van der Waals surface area contributed by atoms with Crippen molar-refractivity contribution in [1.29, 1.82) is 5.26 Å². The molecule has 1 unspecified atom stereocenters. The number of aromatic nitrogens is 1. The summed E-state index contributed by atoms with van der Waals surface area (Å²) in [6.45, 7) is 1.80. The fourth-order valence-electron chi connectivity index (χ4n) is 2.01. The molecule has 0 aromatic carbocycles. The van der Waals surface area contributed by atoms with E-state index in [4.69, 9.17) is 10.00 Å². The Bertz CT molecular complexity index is 377. The van der Waals surface area contributed by atoms with Gasteiger partial charge in [-0.15, -0.1) is 0 Å². The van der Waals surface area contributed by atoms with Crippen molar-refractivity contribution in [3.8, 4) is 11.9 Å². The van der Waals surface area contributed by atoms with Crippen LogP contribution in [0.25, 0.3) is 0 Å². The average molecular weight is 231 g/mol. The van der Waals surface area contributed by atoms with Crippen molar-refractivity contribution < 1.29 is 4.74 Å². The van der Waals surface area contributed by atoms with Crippen LogP contribution in [0.5, 0.6) is 5.88 Å². The predicted molar refractivity (Wildman–Crippen MR) is 64.7 cm³/mol. The molecule has 0 bridgehead atoms. The molecule has 1 N–H and O–H groups in total. The molecule has 0 radical (unpaired) electrons. The van der Waals surface area contributed by atoms with Crippen LogP contribution in [0, 0.1) is 11.3 Å². The summed E-state index contributed by atoms with van der Waals surface area (Å²) in [4.78, 5) is 4.07. The molecule has 1 atom stereocenters. The lowest BCUT2D eigenvalue weighted by Crippen LogP contribution is -2.35. The van der Waals surface area contributed by atoms with Gasteiger partial charge >= 0.3 is 0 Å². The third-order valence-corrected chi connectivity index (χ3v) is 2.99. The zero-order valence-electron chi connectivity index (χ0n) is 9.85. The lowest BCUT2D eigenvalue weighted by Gasteiger charge is -2.23. The van der Waals surface area contributed by atoms with Crippen molar-refractivity contribution >= 4 is 0 Å². The van der Waals surface area contributed by atoms with Gasteiger partial charge < -0.3 is 10.1 Å². The molecular weight excluding hydrogens is 214 g/mol. The SMILES string of the molecule is N#Cc1ccc(OCCC2CCCCN2)nc1. The molecule has 4 nitrogen and oxygen atoms in total. The number of pyridine rings is 1. The maximum absolute atomic E-state index is 8.64. The summed E-state index contributed by atoms with van der Waals surface area (Å²) in [6, 6.07) is 6.09. The van der Waals surface area contributed by atoms with Crippen molar-refractivity contribution in [2.24, 2.45) is 0 Å². The number of ether oxygens (including phenoxy) is 1. The lowest BCUT2D eigenvalue weighted by atomic mass is 10.0. The number of hydrogen-bond acceptors (Lipinski definition) is 4. The van der Waals surface area contributed by atoms with Crippen molar-refractivity contribution in [2.75, 3.05) is 13.2 Å². The Balaban J connectivity index is 1.72. The molecule has 90 valence electrons. The minimum atomic E-state index is 0.561. The number of nitriles is 1. The Kier molecular flexibility index (Phi) is 4.34. The molecule has 0 saturated carbocycles. The number of nitrogens with one attached hydrogen (secondary N) is 1. The molecule has 17 heavy (non-hydrogen) atoms. The maximum Gasteiger partial charge on any atom is 0.213 e. The second-order valence-electron chi connectivity index (χ2n) is 4.28. The molecule has 2 rings (SSSR count). The molecule has 0 amide bonds. The highest BCUT2D eigenvalue weighted by Gasteiger charge is 2.12. The van der Waals surface area contributed by atoms with E-state index in [1.165, 1.54) is 25.5 Å². The van der Waals surface area contributed by atoms with E-state index in [-0.39, 0.29) is 0 Å². The molecule has 1 aliphatic rings. The smallest absolute Gasteiger partial charge is 0.213 e. The lowest BCUT2D eigenvalue weighted by molar-refractivity contribution is 0.260. The molecule has 4 heteroatoms. The Morgan fingerprint density at radius 3 is 3.06 bits per heavy atom. The zero-order valence-corrected chi connectivity index (χ0v) is 9.85. The Morgan fingerprint density at radius 1 is 1.47 bits per heavy atom. The molecular formula is C13H17N3O. The highest BCUT2D eigenvalue weighted by molar-refractivity contribution is 5.28. The normalized spacial score (nSPS) is 19.6. The zero-order chi connectivity index (χ0) is 11.9. The topological polar surface area (TPSA) is 57.9 Å². The highest BCUT2D eigenvalue weighted by atomic mass is 16.5. The molecule has 2 heterocycles. The minimum absolute atomic E-state index is 0.561. The predicted octanol–water partition coefficient (Wildman–Crippen LogP) is 1.86. The van der Waals surface area contributed by atoms with Crippen LogP contribution in [-0.2, 0) is 0 Å².